The van der Waals surface area contributed by atoms with Crippen molar-refractivity contribution < 1.29 is 9.90 Å². The van der Waals surface area contributed by atoms with Gasteiger partial charge in [0.05, 0.1) is 6.42 Å². The molecule has 5 N–H and O–H groups in total. The summed E-state index contributed by atoms with van der Waals surface area (Å²) in [5.41, 5.74) is 0. The Morgan fingerprint density at radius 1 is 1.00 bits per heavy atom. The van der Waals surface area contributed by atoms with Crippen molar-refractivity contribution in [2.24, 2.45) is 0 Å². The summed E-state index contributed by atoms with van der Waals surface area (Å²) in [5, 5.41) is 21.8. The van der Waals surface area contributed by atoms with Crippen LogP contribution in [-0.4, -0.2) is 62.9 Å². The Kier molecular flexibility index (Phi) is 7.07. The standard InChI is InChI=1S/C10H22N4O2/c15-10(16)7-9-8-13-4-3-11-1-2-12-5-6-14-9/h9,11-14H,1-8H2,(H,15,16). The van der Waals surface area contributed by atoms with Crippen molar-refractivity contribution in [1.82, 2.24) is 21.3 Å². The number of hydrogen-bond donors (Lipinski definition) is 5. The zero-order chi connectivity index (χ0) is 11.6. The zero-order valence-electron chi connectivity index (χ0n) is 9.59. The first-order chi connectivity index (χ1) is 7.79. The summed E-state index contributed by atoms with van der Waals surface area (Å²) in [6, 6.07) is 0.0127. The maximum atomic E-state index is 10.6. The van der Waals surface area contributed by atoms with Crippen LogP contribution in [0.3, 0.4) is 0 Å². The number of carboxylic acids is 1. The summed E-state index contributed by atoms with van der Waals surface area (Å²) in [6.07, 6.45) is 0.167. The molecule has 0 amide bonds. The summed E-state index contributed by atoms with van der Waals surface area (Å²) in [5.74, 6) is -0.752. The minimum atomic E-state index is -0.752. The molecule has 0 aliphatic carbocycles. The molecule has 1 atom stereocenters. The van der Waals surface area contributed by atoms with Gasteiger partial charge in [0.15, 0.2) is 0 Å². The average molecular weight is 230 g/mol. The summed E-state index contributed by atoms with van der Waals surface area (Å²) in [6.45, 7) is 6.09. The van der Waals surface area contributed by atoms with E-state index in [-0.39, 0.29) is 12.5 Å². The van der Waals surface area contributed by atoms with Gasteiger partial charge in [-0.05, 0) is 0 Å². The Morgan fingerprint density at radius 3 is 2.19 bits per heavy atom. The second kappa shape index (κ2) is 8.46. The van der Waals surface area contributed by atoms with E-state index in [4.69, 9.17) is 5.11 Å². The molecule has 1 aliphatic rings. The van der Waals surface area contributed by atoms with Crippen LogP contribution in [0.5, 0.6) is 0 Å². The Balaban J connectivity index is 2.27. The lowest BCUT2D eigenvalue weighted by Gasteiger charge is -2.19. The molecule has 16 heavy (non-hydrogen) atoms. The highest BCUT2D eigenvalue weighted by molar-refractivity contribution is 5.67. The maximum Gasteiger partial charge on any atom is 0.304 e. The van der Waals surface area contributed by atoms with E-state index in [1.807, 2.05) is 0 Å². The van der Waals surface area contributed by atoms with E-state index in [0.717, 1.165) is 39.3 Å². The predicted molar refractivity (Wildman–Crippen MR) is 62.7 cm³/mol. The van der Waals surface area contributed by atoms with Gasteiger partial charge in [-0.25, -0.2) is 0 Å². The second-order valence-electron chi connectivity index (χ2n) is 3.95. The molecule has 1 rings (SSSR count). The third-order valence-electron chi connectivity index (χ3n) is 2.50. The summed E-state index contributed by atoms with van der Waals surface area (Å²) < 4.78 is 0. The largest absolute Gasteiger partial charge is 0.481 e. The summed E-state index contributed by atoms with van der Waals surface area (Å²) in [7, 11) is 0. The van der Waals surface area contributed by atoms with Gasteiger partial charge in [-0.2, -0.15) is 0 Å². The second-order valence-corrected chi connectivity index (χ2v) is 3.95. The summed E-state index contributed by atoms with van der Waals surface area (Å²) >= 11 is 0. The van der Waals surface area contributed by atoms with Crippen molar-refractivity contribution in [2.75, 3.05) is 45.8 Å². The highest BCUT2D eigenvalue weighted by atomic mass is 16.4. The molecule has 0 bridgehead atoms. The lowest BCUT2D eigenvalue weighted by molar-refractivity contribution is -0.137. The van der Waals surface area contributed by atoms with E-state index in [1.54, 1.807) is 0 Å². The van der Waals surface area contributed by atoms with Crippen molar-refractivity contribution >= 4 is 5.97 Å². The van der Waals surface area contributed by atoms with Gasteiger partial charge in [-0.3, -0.25) is 4.79 Å². The van der Waals surface area contributed by atoms with E-state index in [9.17, 15) is 4.79 Å². The van der Waals surface area contributed by atoms with Gasteiger partial charge in [-0.15, -0.1) is 0 Å². The van der Waals surface area contributed by atoms with E-state index >= 15 is 0 Å². The number of hydrogen-bond acceptors (Lipinski definition) is 5. The molecule has 0 spiro atoms. The minimum Gasteiger partial charge on any atom is -0.481 e. The number of aliphatic carboxylic acids is 1. The number of carbonyl (C=O) groups is 1. The van der Waals surface area contributed by atoms with Crippen molar-refractivity contribution in [3.8, 4) is 0 Å². The lowest BCUT2D eigenvalue weighted by Crippen LogP contribution is -2.45. The Morgan fingerprint density at radius 2 is 1.56 bits per heavy atom. The molecule has 6 heteroatoms. The smallest absolute Gasteiger partial charge is 0.304 e. The quantitative estimate of drug-likeness (QED) is 0.385. The van der Waals surface area contributed by atoms with Crippen molar-refractivity contribution in [3.63, 3.8) is 0 Å². The van der Waals surface area contributed by atoms with E-state index in [2.05, 4.69) is 21.3 Å². The van der Waals surface area contributed by atoms with Crippen LogP contribution < -0.4 is 21.3 Å². The molecule has 1 aliphatic heterocycles. The maximum absolute atomic E-state index is 10.6. The fourth-order valence-corrected chi connectivity index (χ4v) is 1.67. The van der Waals surface area contributed by atoms with E-state index < -0.39 is 5.97 Å². The van der Waals surface area contributed by atoms with Crippen LogP contribution in [0.15, 0.2) is 0 Å². The Bertz CT molecular complexity index is 189. The van der Waals surface area contributed by atoms with Crippen LogP contribution in [0, 0.1) is 0 Å². The fraction of sp³-hybridized carbons (Fsp3) is 0.900. The molecule has 94 valence electrons. The van der Waals surface area contributed by atoms with Crippen LogP contribution in [0.25, 0.3) is 0 Å². The van der Waals surface area contributed by atoms with E-state index in [1.165, 1.54) is 0 Å². The normalized spacial score (nSPS) is 25.4. The van der Waals surface area contributed by atoms with Crippen LogP contribution >= 0.6 is 0 Å². The van der Waals surface area contributed by atoms with Crippen molar-refractivity contribution in [3.05, 3.63) is 0 Å². The first kappa shape index (κ1) is 13.4. The van der Waals surface area contributed by atoms with Crippen LogP contribution in [0.2, 0.25) is 0 Å². The molecule has 0 radical (unpaired) electrons. The molecule has 0 aromatic heterocycles. The van der Waals surface area contributed by atoms with Gasteiger partial charge >= 0.3 is 5.97 Å². The first-order valence-electron chi connectivity index (χ1n) is 5.86. The van der Waals surface area contributed by atoms with Crippen molar-refractivity contribution in [2.45, 2.75) is 12.5 Å². The van der Waals surface area contributed by atoms with Crippen molar-refractivity contribution in [1.29, 1.82) is 0 Å². The number of nitrogens with one attached hydrogen (secondary N) is 4. The molecule has 6 nitrogen and oxygen atoms in total. The van der Waals surface area contributed by atoms with E-state index in [0.29, 0.717) is 6.54 Å². The Labute approximate surface area is 96.2 Å². The zero-order valence-corrected chi connectivity index (χ0v) is 9.59. The average Bonchev–Trinajstić information content (AvgIpc) is 2.21. The SMILES string of the molecule is O=C(O)CC1CNCCNCCNCCN1. The van der Waals surface area contributed by atoms with Gasteiger partial charge in [0.25, 0.3) is 0 Å². The molecular formula is C10H22N4O2. The van der Waals surface area contributed by atoms with Gasteiger partial charge in [0, 0.05) is 51.9 Å². The highest BCUT2D eigenvalue weighted by Crippen LogP contribution is 1.90. The molecule has 0 saturated carbocycles. The van der Waals surface area contributed by atoms with Gasteiger partial charge < -0.3 is 26.4 Å². The van der Waals surface area contributed by atoms with Crippen LogP contribution in [0.4, 0.5) is 0 Å². The van der Waals surface area contributed by atoms with Crippen LogP contribution in [-0.2, 0) is 4.79 Å². The summed E-state index contributed by atoms with van der Waals surface area (Å²) in [4.78, 5) is 10.6. The highest BCUT2D eigenvalue weighted by Gasteiger charge is 2.11. The van der Waals surface area contributed by atoms with Gasteiger partial charge in [0.2, 0.25) is 0 Å². The topological polar surface area (TPSA) is 85.4 Å². The molecule has 0 aromatic carbocycles. The van der Waals surface area contributed by atoms with Crippen LogP contribution in [0.1, 0.15) is 6.42 Å². The molecule has 0 aromatic rings. The number of rotatable bonds is 2. The number of carboxylic acid groups (broad SMARTS) is 1. The third-order valence-corrected chi connectivity index (χ3v) is 2.50. The minimum absolute atomic E-state index is 0.0127. The van der Waals surface area contributed by atoms with Gasteiger partial charge in [0.1, 0.15) is 0 Å². The van der Waals surface area contributed by atoms with Gasteiger partial charge in [-0.1, -0.05) is 0 Å². The molecular weight excluding hydrogens is 208 g/mol. The molecule has 1 saturated heterocycles. The molecule has 1 fully saturated rings. The third kappa shape index (κ3) is 6.73. The Hall–Kier alpha value is -0.690. The molecule has 1 heterocycles. The fourth-order valence-electron chi connectivity index (χ4n) is 1.67. The monoisotopic (exact) mass is 230 g/mol. The predicted octanol–water partition coefficient (Wildman–Crippen LogP) is -1.80. The molecule has 1 unspecified atom stereocenters. The first-order valence-corrected chi connectivity index (χ1v) is 5.86. The lowest BCUT2D eigenvalue weighted by atomic mass is 10.2.